The van der Waals surface area contributed by atoms with E-state index in [2.05, 4.69) is 10.6 Å². The number of benzene rings is 1. The van der Waals surface area contributed by atoms with Crippen LogP contribution in [0.5, 0.6) is 0 Å². The fourth-order valence-corrected chi connectivity index (χ4v) is 2.77. The van der Waals surface area contributed by atoms with E-state index in [1.54, 1.807) is 18.2 Å². The summed E-state index contributed by atoms with van der Waals surface area (Å²) in [6, 6.07) is 5.85. The molecule has 1 aliphatic rings. The van der Waals surface area contributed by atoms with Gasteiger partial charge >= 0.3 is 0 Å². The van der Waals surface area contributed by atoms with E-state index in [0.717, 1.165) is 24.6 Å². The maximum atomic E-state index is 13.4. The summed E-state index contributed by atoms with van der Waals surface area (Å²) in [5, 5.41) is 5.47. The van der Waals surface area contributed by atoms with Crippen molar-refractivity contribution >= 4 is 23.6 Å². The molecule has 0 spiro atoms. The van der Waals surface area contributed by atoms with E-state index in [-0.39, 0.29) is 23.4 Å². The molecule has 0 bridgehead atoms. The standard InChI is InChI=1S/C14H17FN2O2S/c15-10-5-1-2-7-12(10)20-9-13(18)17-11-6-3-4-8-16-14(11)19/h1-2,5,7,11H,3-4,6,8-9H2,(H,16,19)(H,17,18)/t11-/m0/s1. The molecule has 1 atom stereocenters. The lowest BCUT2D eigenvalue weighted by Crippen LogP contribution is -2.46. The van der Waals surface area contributed by atoms with Crippen molar-refractivity contribution in [3.8, 4) is 0 Å². The normalized spacial score (nSPS) is 19.1. The van der Waals surface area contributed by atoms with Gasteiger partial charge in [-0.2, -0.15) is 0 Å². The highest BCUT2D eigenvalue weighted by Crippen LogP contribution is 2.20. The van der Waals surface area contributed by atoms with Crippen LogP contribution in [-0.4, -0.2) is 30.2 Å². The number of thioether (sulfide) groups is 1. The molecule has 20 heavy (non-hydrogen) atoms. The highest BCUT2D eigenvalue weighted by Gasteiger charge is 2.22. The average Bonchev–Trinajstić information content (AvgIpc) is 2.63. The van der Waals surface area contributed by atoms with Gasteiger partial charge in [0.1, 0.15) is 11.9 Å². The van der Waals surface area contributed by atoms with Crippen molar-refractivity contribution in [1.82, 2.24) is 10.6 Å². The van der Waals surface area contributed by atoms with E-state index < -0.39 is 6.04 Å². The topological polar surface area (TPSA) is 58.2 Å². The Hall–Kier alpha value is -1.56. The monoisotopic (exact) mass is 296 g/mol. The summed E-state index contributed by atoms with van der Waals surface area (Å²) in [7, 11) is 0. The van der Waals surface area contributed by atoms with Gasteiger partial charge in [-0.1, -0.05) is 12.1 Å². The van der Waals surface area contributed by atoms with Crippen LogP contribution in [-0.2, 0) is 9.59 Å². The fourth-order valence-electron chi connectivity index (χ4n) is 2.02. The van der Waals surface area contributed by atoms with Crippen LogP contribution in [0.1, 0.15) is 19.3 Å². The molecule has 6 heteroatoms. The fraction of sp³-hybridized carbons (Fsp3) is 0.429. The number of carbonyl (C=O) groups is 2. The zero-order chi connectivity index (χ0) is 14.4. The SMILES string of the molecule is O=C(CSc1ccccc1F)N[C@H]1CCCCNC1=O. The predicted molar refractivity (Wildman–Crippen MR) is 75.9 cm³/mol. The maximum Gasteiger partial charge on any atom is 0.242 e. The van der Waals surface area contributed by atoms with Crippen molar-refractivity contribution in [2.75, 3.05) is 12.3 Å². The Labute approximate surface area is 121 Å². The summed E-state index contributed by atoms with van der Waals surface area (Å²) in [5.74, 6) is -0.616. The van der Waals surface area contributed by atoms with Crippen molar-refractivity contribution < 1.29 is 14.0 Å². The van der Waals surface area contributed by atoms with E-state index in [9.17, 15) is 14.0 Å². The molecule has 1 heterocycles. The van der Waals surface area contributed by atoms with Crippen molar-refractivity contribution in [2.45, 2.75) is 30.2 Å². The summed E-state index contributed by atoms with van der Waals surface area (Å²) < 4.78 is 13.4. The second kappa shape index (κ2) is 7.28. The second-order valence-corrected chi connectivity index (χ2v) is 5.64. The smallest absolute Gasteiger partial charge is 0.242 e. The molecule has 1 aromatic carbocycles. The Balaban J connectivity index is 1.83. The van der Waals surface area contributed by atoms with Crippen LogP contribution in [0.2, 0.25) is 0 Å². The first-order chi connectivity index (χ1) is 9.66. The van der Waals surface area contributed by atoms with Gasteiger partial charge in [0.25, 0.3) is 0 Å². The first kappa shape index (κ1) is 14.8. The van der Waals surface area contributed by atoms with Gasteiger partial charge in [0.15, 0.2) is 0 Å². The van der Waals surface area contributed by atoms with Gasteiger partial charge in [-0.3, -0.25) is 9.59 Å². The Bertz CT molecular complexity index is 496. The number of nitrogens with one attached hydrogen (secondary N) is 2. The van der Waals surface area contributed by atoms with Gasteiger partial charge in [-0.15, -0.1) is 11.8 Å². The van der Waals surface area contributed by atoms with Gasteiger partial charge < -0.3 is 10.6 Å². The summed E-state index contributed by atoms with van der Waals surface area (Å²) >= 11 is 1.13. The highest BCUT2D eigenvalue weighted by atomic mass is 32.2. The predicted octanol–water partition coefficient (Wildman–Crippen LogP) is 1.70. The minimum Gasteiger partial charge on any atom is -0.354 e. The molecular formula is C14H17FN2O2S. The molecule has 0 aromatic heterocycles. The largest absolute Gasteiger partial charge is 0.354 e. The highest BCUT2D eigenvalue weighted by molar-refractivity contribution is 8.00. The molecular weight excluding hydrogens is 279 g/mol. The van der Waals surface area contributed by atoms with Crippen LogP contribution in [0, 0.1) is 5.82 Å². The van der Waals surface area contributed by atoms with Crippen molar-refractivity contribution in [3.63, 3.8) is 0 Å². The molecule has 0 radical (unpaired) electrons. The summed E-state index contributed by atoms with van der Waals surface area (Å²) in [5.41, 5.74) is 0. The number of hydrogen-bond acceptors (Lipinski definition) is 3. The summed E-state index contributed by atoms with van der Waals surface area (Å²) in [6.45, 7) is 0.662. The number of hydrogen-bond donors (Lipinski definition) is 2. The van der Waals surface area contributed by atoms with E-state index in [1.165, 1.54) is 6.07 Å². The van der Waals surface area contributed by atoms with Gasteiger partial charge in [0.2, 0.25) is 11.8 Å². The molecule has 0 aliphatic carbocycles. The Morgan fingerprint density at radius 1 is 1.40 bits per heavy atom. The molecule has 1 fully saturated rings. The molecule has 1 aliphatic heterocycles. The van der Waals surface area contributed by atoms with Crippen LogP contribution in [0.3, 0.4) is 0 Å². The Morgan fingerprint density at radius 3 is 3.00 bits per heavy atom. The third kappa shape index (κ3) is 4.23. The van der Waals surface area contributed by atoms with Crippen LogP contribution in [0.15, 0.2) is 29.2 Å². The van der Waals surface area contributed by atoms with Gasteiger partial charge in [-0.25, -0.2) is 4.39 Å². The Kier molecular flexibility index (Phi) is 5.40. The average molecular weight is 296 g/mol. The van der Waals surface area contributed by atoms with E-state index in [0.29, 0.717) is 17.9 Å². The number of carbonyl (C=O) groups excluding carboxylic acids is 2. The van der Waals surface area contributed by atoms with Gasteiger partial charge in [-0.05, 0) is 31.4 Å². The summed E-state index contributed by atoms with van der Waals surface area (Å²) in [6.07, 6.45) is 2.49. The van der Waals surface area contributed by atoms with Crippen LogP contribution < -0.4 is 10.6 Å². The van der Waals surface area contributed by atoms with E-state index in [4.69, 9.17) is 0 Å². The lowest BCUT2D eigenvalue weighted by molar-refractivity contribution is -0.127. The van der Waals surface area contributed by atoms with Gasteiger partial charge in [0, 0.05) is 11.4 Å². The molecule has 0 saturated carbocycles. The second-order valence-electron chi connectivity index (χ2n) is 4.63. The minimum absolute atomic E-state index is 0.102. The minimum atomic E-state index is -0.466. The summed E-state index contributed by atoms with van der Waals surface area (Å²) in [4.78, 5) is 23.9. The molecule has 0 unspecified atom stereocenters. The maximum absolute atomic E-state index is 13.4. The van der Waals surface area contributed by atoms with Crippen LogP contribution in [0.25, 0.3) is 0 Å². The lowest BCUT2D eigenvalue weighted by Gasteiger charge is -2.15. The lowest BCUT2D eigenvalue weighted by atomic mass is 10.1. The molecule has 2 N–H and O–H groups in total. The third-order valence-corrected chi connectivity index (χ3v) is 4.11. The molecule has 1 aromatic rings. The third-order valence-electron chi connectivity index (χ3n) is 3.07. The zero-order valence-electron chi connectivity index (χ0n) is 11.0. The molecule has 4 nitrogen and oxygen atoms in total. The van der Waals surface area contributed by atoms with Crippen LogP contribution >= 0.6 is 11.8 Å². The molecule has 2 amide bonds. The number of amides is 2. The number of rotatable bonds is 4. The quantitative estimate of drug-likeness (QED) is 0.832. The molecule has 108 valence electrons. The van der Waals surface area contributed by atoms with Crippen molar-refractivity contribution in [3.05, 3.63) is 30.1 Å². The van der Waals surface area contributed by atoms with Crippen LogP contribution in [0.4, 0.5) is 4.39 Å². The van der Waals surface area contributed by atoms with Crippen molar-refractivity contribution in [2.24, 2.45) is 0 Å². The Morgan fingerprint density at radius 2 is 2.20 bits per heavy atom. The first-order valence-corrected chi connectivity index (χ1v) is 7.60. The molecule has 2 rings (SSSR count). The van der Waals surface area contributed by atoms with Crippen molar-refractivity contribution in [1.29, 1.82) is 0 Å². The number of halogens is 1. The zero-order valence-corrected chi connectivity index (χ0v) is 11.8. The van der Waals surface area contributed by atoms with E-state index >= 15 is 0 Å². The first-order valence-electron chi connectivity index (χ1n) is 6.61. The van der Waals surface area contributed by atoms with Gasteiger partial charge in [0.05, 0.1) is 5.75 Å². The molecule has 1 saturated heterocycles. The van der Waals surface area contributed by atoms with E-state index in [1.807, 2.05) is 0 Å².